The number of nitrogens with zero attached hydrogens (tertiary/aromatic N) is 2. The zero-order chi connectivity index (χ0) is 71.8. The third-order valence-corrected chi connectivity index (χ3v) is 22.8. The summed E-state index contributed by atoms with van der Waals surface area (Å²) in [5, 5.41) is 18.0. The summed E-state index contributed by atoms with van der Waals surface area (Å²) in [6.07, 6.45) is 0. The summed E-state index contributed by atoms with van der Waals surface area (Å²) in [4.78, 5) is 0. The van der Waals surface area contributed by atoms with Gasteiger partial charge >= 0.3 is 0 Å². The summed E-state index contributed by atoms with van der Waals surface area (Å²) in [7, 11) is 0. The normalized spacial score (nSPS) is 12.2. The predicted molar refractivity (Wildman–Crippen MR) is 452 cm³/mol. The molecule has 8 heterocycles. The Kier molecular flexibility index (Phi) is 12.8. The fourth-order valence-electron chi connectivity index (χ4n) is 17.7. The van der Waals surface area contributed by atoms with Crippen molar-refractivity contribution < 1.29 is 26.5 Å². The zero-order valence-electron chi connectivity index (χ0n) is 58.8. The minimum absolute atomic E-state index is 0.845. The molecule has 0 saturated carbocycles. The van der Waals surface area contributed by atoms with Crippen LogP contribution in [0.1, 0.15) is 0 Å². The minimum atomic E-state index is 0.845. The number of fused-ring (bicyclic) bond motifs is 26. The molecule has 8 heteroatoms. The molecule has 110 heavy (non-hydrogen) atoms. The molecule has 17 aromatic carbocycles. The first-order valence-electron chi connectivity index (χ1n) is 37.2. The maximum Gasteiger partial charge on any atom is 0.136 e. The van der Waals surface area contributed by atoms with E-state index in [1.165, 1.54) is 43.6 Å². The molecule has 0 N–H and O–H groups in total. The van der Waals surface area contributed by atoms with E-state index in [-0.39, 0.29) is 0 Å². The number of para-hydroxylation sites is 6. The summed E-state index contributed by atoms with van der Waals surface area (Å²) in [5.41, 5.74) is 28.9. The molecule has 0 fully saturated rings. The molecule has 0 bridgehead atoms. The van der Waals surface area contributed by atoms with Crippen molar-refractivity contribution in [2.45, 2.75) is 0 Å². The Morgan fingerprint density at radius 1 is 0.136 bits per heavy atom. The summed E-state index contributed by atoms with van der Waals surface area (Å²) < 4.78 is 42.9. The quantitative estimate of drug-likeness (QED) is 0.158. The van der Waals surface area contributed by atoms with E-state index >= 15 is 0 Å². The molecule has 0 aliphatic rings. The number of furan rings is 6. The first kappa shape index (κ1) is 60.4. The SMILES string of the molecule is c1ccc(-n2c3ccccc3c3cc(-c4ccc5oc6ccc7oc8ccc(-c9ccc%10oc%11ccccc%11c%10c9)cc8c7c6c5c4)ccc32)cc1.c1ccc(-n2c3ccccc3c3cc(-c4ccc5oc6ccc7oc8ccc(-c9cccc(-c%10ccc%11oc%12ccccc%12c%11c%10)c9)cc8c7c6c5c4)ccc32)cc1. The van der Waals surface area contributed by atoms with Crippen LogP contribution in [0.4, 0.5) is 0 Å². The molecule has 0 spiro atoms. The van der Waals surface area contributed by atoms with Crippen molar-refractivity contribution in [1.29, 1.82) is 0 Å². The van der Waals surface area contributed by atoms with Gasteiger partial charge in [0, 0.05) is 97.6 Å². The standard InChI is InChI=1S/C54H31NO3.C48H27NO3/c1-2-11-38(12-3-1)55-45-15-6-4-13-39(45)41-28-34(17-21-46(41)55)37-20-24-50-44(31-37)54-52(58-50)26-25-51-53(54)43-30-36(19-23-49(43)57-51)33-10-8-9-32(27-33)35-18-22-48-42(29-35)40-14-5-7-16-47(40)56-48;1-2-8-32(9-3-1)49-39-12-6-4-10-33(39)35-24-28(14-18-40(35)49)30-16-20-43-37(26-30)47-45(51-43)22-23-46-48(47)38-27-31(17-21-44(38)52-46)29-15-19-42-36(25-29)34-11-5-7-13-41(34)50-42/h1-31H;1-27H. The number of aromatic nitrogens is 2. The number of benzene rings is 17. The smallest absolute Gasteiger partial charge is 0.136 e. The van der Waals surface area contributed by atoms with Gasteiger partial charge in [-0.05, 0) is 232 Å². The van der Waals surface area contributed by atoms with E-state index in [0.717, 1.165) is 199 Å². The van der Waals surface area contributed by atoms with Crippen LogP contribution in [0, 0.1) is 0 Å². The van der Waals surface area contributed by atoms with E-state index in [1.54, 1.807) is 0 Å². The van der Waals surface area contributed by atoms with Gasteiger partial charge in [-0.15, -0.1) is 0 Å². The highest BCUT2D eigenvalue weighted by molar-refractivity contribution is 6.28. The monoisotopic (exact) mass is 1410 g/mol. The van der Waals surface area contributed by atoms with Crippen molar-refractivity contribution in [3.8, 4) is 67.0 Å². The van der Waals surface area contributed by atoms with Gasteiger partial charge in [0.1, 0.15) is 67.0 Å². The molecule has 25 rings (SSSR count). The first-order valence-corrected chi connectivity index (χ1v) is 37.2. The van der Waals surface area contributed by atoms with Gasteiger partial charge in [0.2, 0.25) is 0 Å². The lowest BCUT2D eigenvalue weighted by molar-refractivity contribution is 0.663. The Labute approximate surface area is 625 Å². The van der Waals surface area contributed by atoms with E-state index in [2.05, 4.69) is 312 Å². The molecule has 8 aromatic heterocycles. The van der Waals surface area contributed by atoms with Crippen molar-refractivity contribution in [3.05, 3.63) is 352 Å². The summed E-state index contributed by atoms with van der Waals surface area (Å²) in [5.74, 6) is 0. The lowest BCUT2D eigenvalue weighted by Gasteiger charge is -2.08. The second kappa shape index (κ2) is 23.3. The van der Waals surface area contributed by atoms with Crippen molar-refractivity contribution in [1.82, 2.24) is 9.13 Å². The molecule has 25 aromatic rings. The van der Waals surface area contributed by atoms with Crippen LogP contribution in [0.25, 0.3) is 242 Å². The fourth-order valence-corrected chi connectivity index (χ4v) is 17.7. The van der Waals surface area contributed by atoms with Gasteiger partial charge in [0.05, 0.1) is 22.1 Å². The Bertz CT molecular complexity index is 8170. The Morgan fingerprint density at radius 2 is 0.373 bits per heavy atom. The molecule has 0 atom stereocenters. The zero-order valence-corrected chi connectivity index (χ0v) is 58.8. The van der Waals surface area contributed by atoms with Gasteiger partial charge in [0.25, 0.3) is 0 Å². The summed E-state index contributed by atoms with van der Waals surface area (Å²) >= 11 is 0. The van der Waals surface area contributed by atoms with E-state index in [1.807, 2.05) is 48.5 Å². The second-order valence-electron chi connectivity index (χ2n) is 28.9. The lowest BCUT2D eigenvalue weighted by Crippen LogP contribution is -1.92. The molecule has 0 aliphatic carbocycles. The highest BCUT2D eigenvalue weighted by Crippen LogP contribution is 2.47. The maximum absolute atomic E-state index is 6.53. The molecule has 0 amide bonds. The maximum atomic E-state index is 6.53. The highest BCUT2D eigenvalue weighted by atomic mass is 16.4. The molecule has 0 unspecified atom stereocenters. The van der Waals surface area contributed by atoms with Crippen molar-refractivity contribution in [2.75, 3.05) is 0 Å². The van der Waals surface area contributed by atoms with Gasteiger partial charge in [-0.2, -0.15) is 0 Å². The van der Waals surface area contributed by atoms with Gasteiger partial charge in [-0.3, -0.25) is 0 Å². The molecule has 8 nitrogen and oxygen atoms in total. The van der Waals surface area contributed by atoms with Crippen LogP contribution in [0.15, 0.2) is 378 Å². The van der Waals surface area contributed by atoms with Gasteiger partial charge in [0.15, 0.2) is 0 Å². The number of hydrogen-bond acceptors (Lipinski definition) is 6. The predicted octanol–water partition coefficient (Wildman–Crippen LogP) is 29.3. The molecular formula is C102H58N2O6. The average Bonchev–Trinajstić information content (AvgIpc) is 1.57. The highest BCUT2D eigenvalue weighted by Gasteiger charge is 2.23. The van der Waals surface area contributed by atoms with E-state index in [0.29, 0.717) is 0 Å². The van der Waals surface area contributed by atoms with Crippen LogP contribution in [-0.4, -0.2) is 9.13 Å². The third-order valence-electron chi connectivity index (χ3n) is 22.8. The van der Waals surface area contributed by atoms with Crippen LogP contribution in [-0.2, 0) is 0 Å². The van der Waals surface area contributed by atoms with E-state index in [9.17, 15) is 0 Å². The van der Waals surface area contributed by atoms with Gasteiger partial charge in [-0.1, -0.05) is 176 Å². The van der Waals surface area contributed by atoms with E-state index < -0.39 is 0 Å². The lowest BCUT2D eigenvalue weighted by atomic mass is 9.96. The number of rotatable bonds is 7. The second-order valence-corrected chi connectivity index (χ2v) is 28.9. The first-order chi connectivity index (χ1) is 54.5. The number of hydrogen-bond donors (Lipinski definition) is 0. The van der Waals surface area contributed by atoms with Gasteiger partial charge < -0.3 is 35.6 Å². The Hall–Kier alpha value is -14.9. The van der Waals surface area contributed by atoms with Crippen LogP contribution in [0.3, 0.4) is 0 Å². The molecule has 0 aliphatic heterocycles. The van der Waals surface area contributed by atoms with Crippen molar-refractivity contribution in [3.63, 3.8) is 0 Å². The third kappa shape index (κ3) is 9.20. The summed E-state index contributed by atoms with van der Waals surface area (Å²) in [6, 6.07) is 125. The molecule has 0 saturated heterocycles. The minimum Gasteiger partial charge on any atom is -0.456 e. The van der Waals surface area contributed by atoms with Gasteiger partial charge in [-0.25, -0.2) is 0 Å². The van der Waals surface area contributed by atoms with Crippen LogP contribution >= 0.6 is 0 Å². The summed E-state index contributed by atoms with van der Waals surface area (Å²) in [6.45, 7) is 0. The Balaban J connectivity index is 0.000000129. The largest absolute Gasteiger partial charge is 0.456 e. The van der Waals surface area contributed by atoms with Crippen LogP contribution in [0.2, 0.25) is 0 Å². The van der Waals surface area contributed by atoms with Crippen molar-refractivity contribution in [2.24, 2.45) is 0 Å². The molecule has 512 valence electrons. The van der Waals surface area contributed by atoms with Crippen LogP contribution < -0.4 is 0 Å². The van der Waals surface area contributed by atoms with E-state index in [4.69, 9.17) is 26.5 Å². The van der Waals surface area contributed by atoms with Crippen LogP contribution in [0.5, 0.6) is 0 Å². The topological polar surface area (TPSA) is 88.7 Å². The molecular weight excluding hydrogens is 1350 g/mol. The fraction of sp³-hybridized carbons (Fsp3) is 0. The Morgan fingerprint density at radius 3 is 0.727 bits per heavy atom. The van der Waals surface area contributed by atoms with Crippen molar-refractivity contribution >= 4 is 175 Å². The molecule has 0 radical (unpaired) electrons. The average molecular weight is 1410 g/mol.